The van der Waals surface area contributed by atoms with Gasteiger partial charge in [0.05, 0.1) is 5.69 Å². The number of nitrogens with zero attached hydrogens (tertiary/aromatic N) is 1. The highest BCUT2D eigenvalue weighted by Crippen LogP contribution is 2.21. The van der Waals surface area contributed by atoms with Gasteiger partial charge in [0.25, 0.3) is 0 Å². The van der Waals surface area contributed by atoms with E-state index in [0.717, 1.165) is 16.9 Å². The third kappa shape index (κ3) is 1.05. The molecule has 0 unspecified atom stereocenters. The summed E-state index contributed by atoms with van der Waals surface area (Å²) in [5.74, 6) is 0. The molecule has 1 aromatic rings. The highest BCUT2D eigenvalue weighted by Gasteiger charge is 2.03. The maximum Gasteiger partial charge on any atom is 0.0654 e. The first-order valence-corrected chi connectivity index (χ1v) is 3.72. The number of para-hydroxylation sites is 1. The predicted molar refractivity (Wildman–Crippen MR) is 50.7 cm³/mol. The van der Waals surface area contributed by atoms with Crippen molar-refractivity contribution in [3.63, 3.8) is 0 Å². The maximum absolute atomic E-state index is 5.78. The Bertz CT molecular complexity index is 353. The molecule has 1 aliphatic rings. The number of benzene rings is 1. The molecule has 3 nitrogen and oxygen atoms in total. The number of hydrogen-bond donors (Lipinski definition) is 2. The minimum Gasteiger partial charge on any atom is -0.398 e. The lowest BCUT2D eigenvalue weighted by Gasteiger charge is -2.05. The van der Waals surface area contributed by atoms with E-state index in [1.54, 1.807) is 12.3 Å². The molecule has 0 bridgehead atoms. The van der Waals surface area contributed by atoms with E-state index >= 15 is 0 Å². The number of hydrazone groups is 1. The summed E-state index contributed by atoms with van der Waals surface area (Å²) in [6.07, 6.45) is 3.42. The summed E-state index contributed by atoms with van der Waals surface area (Å²) in [5.41, 5.74) is 11.3. The zero-order chi connectivity index (χ0) is 8.39. The van der Waals surface area contributed by atoms with Gasteiger partial charge < -0.3 is 5.73 Å². The Balaban J connectivity index is 2.58. The average Bonchev–Trinajstić information content (AvgIpc) is 2.29. The fraction of sp³-hybridized carbons (Fsp3) is 0. The molecule has 1 aromatic carbocycles. The standard InChI is InChI=1S/C9H9N3/c10-8-5-6-11-12-9-4-2-1-3-7(8)9/h1-6,12H,10H2. The molecule has 0 amide bonds. The summed E-state index contributed by atoms with van der Waals surface area (Å²) in [4.78, 5) is 0. The van der Waals surface area contributed by atoms with E-state index in [1.165, 1.54) is 0 Å². The van der Waals surface area contributed by atoms with E-state index in [2.05, 4.69) is 10.5 Å². The smallest absolute Gasteiger partial charge is 0.0654 e. The Morgan fingerprint density at radius 1 is 1.25 bits per heavy atom. The first-order chi connectivity index (χ1) is 5.88. The second-order valence-corrected chi connectivity index (χ2v) is 2.56. The largest absolute Gasteiger partial charge is 0.398 e. The summed E-state index contributed by atoms with van der Waals surface area (Å²) in [5, 5.41) is 3.93. The van der Waals surface area contributed by atoms with Gasteiger partial charge in [0.1, 0.15) is 0 Å². The van der Waals surface area contributed by atoms with Crippen LogP contribution in [0.25, 0.3) is 5.70 Å². The monoisotopic (exact) mass is 159 g/mol. The van der Waals surface area contributed by atoms with Crippen molar-refractivity contribution in [1.82, 2.24) is 0 Å². The van der Waals surface area contributed by atoms with Crippen LogP contribution in [0.3, 0.4) is 0 Å². The van der Waals surface area contributed by atoms with Crippen LogP contribution in [0.5, 0.6) is 0 Å². The number of nitrogens with one attached hydrogen (secondary N) is 1. The maximum atomic E-state index is 5.78. The van der Waals surface area contributed by atoms with Crippen LogP contribution in [0.2, 0.25) is 0 Å². The lowest BCUT2D eigenvalue weighted by molar-refractivity contribution is 1.35. The number of nitrogens with two attached hydrogens (primary N) is 1. The van der Waals surface area contributed by atoms with Gasteiger partial charge in [-0.1, -0.05) is 18.2 Å². The number of hydrogen-bond acceptors (Lipinski definition) is 3. The van der Waals surface area contributed by atoms with Crippen molar-refractivity contribution in [2.45, 2.75) is 0 Å². The molecule has 0 aliphatic carbocycles. The quantitative estimate of drug-likeness (QED) is 0.601. The van der Waals surface area contributed by atoms with Crippen LogP contribution in [-0.4, -0.2) is 6.21 Å². The molecule has 0 saturated carbocycles. The molecule has 3 heteroatoms. The normalized spacial score (nSPS) is 14.2. The molecule has 0 saturated heterocycles. The van der Waals surface area contributed by atoms with E-state index in [-0.39, 0.29) is 0 Å². The topological polar surface area (TPSA) is 50.4 Å². The Labute approximate surface area is 70.6 Å². The van der Waals surface area contributed by atoms with Crippen LogP contribution in [0.15, 0.2) is 35.4 Å². The van der Waals surface area contributed by atoms with Crippen LogP contribution in [0, 0.1) is 0 Å². The van der Waals surface area contributed by atoms with Gasteiger partial charge in [-0.15, -0.1) is 0 Å². The molecule has 3 N–H and O–H groups in total. The van der Waals surface area contributed by atoms with Crippen molar-refractivity contribution >= 4 is 17.6 Å². The molecule has 1 aliphatic heterocycles. The van der Waals surface area contributed by atoms with Crippen molar-refractivity contribution in [2.24, 2.45) is 10.8 Å². The molecule has 0 fully saturated rings. The second kappa shape index (κ2) is 2.70. The summed E-state index contributed by atoms with van der Waals surface area (Å²) in [6, 6.07) is 7.80. The number of rotatable bonds is 0. The van der Waals surface area contributed by atoms with Crippen molar-refractivity contribution in [2.75, 3.05) is 5.43 Å². The summed E-state index contributed by atoms with van der Waals surface area (Å²) in [7, 11) is 0. The number of fused-ring (bicyclic) bond motifs is 1. The molecule has 12 heavy (non-hydrogen) atoms. The van der Waals surface area contributed by atoms with Gasteiger partial charge >= 0.3 is 0 Å². The molecule has 0 atom stereocenters. The van der Waals surface area contributed by atoms with E-state index in [4.69, 9.17) is 5.73 Å². The summed E-state index contributed by atoms with van der Waals surface area (Å²) < 4.78 is 0. The molecule has 0 spiro atoms. The van der Waals surface area contributed by atoms with Crippen LogP contribution < -0.4 is 11.2 Å². The molecule has 1 heterocycles. The molecule has 0 aromatic heterocycles. The zero-order valence-corrected chi connectivity index (χ0v) is 6.49. The van der Waals surface area contributed by atoms with Crippen molar-refractivity contribution in [3.8, 4) is 0 Å². The molecular weight excluding hydrogens is 150 g/mol. The van der Waals surface area contributed by atoms with E-state index in [0.29, 0.717) is 0 Å². The fourth-order valence-electron chi connectivity index (χ4n) is 1.15. The van der Waals surface area contributed by atoms with Gasteiger partial charge in [0.2, 0.25) is 0 Å². The molecule has 2 rings (SSSR count). The van der Waals surface area contributed by atoms with Gasteiger partial charge in [0.15, 0.2) is 0 Å². The molecular formula is C9H9N3. The van der Waals surface area contributed by atoms with Crippen LogP contribution >= 0.6 is 0 Å². The van der Waals surface area contributed by atoms with Crippen LogP contribution in [0.1, 0.15) is 5.56 Å². The Hall–Kier alpha value is -1.77. The minimum absolute atomic E-state index is 0.736. The Morgan fingerprint density at radius 2 is 2.08 bits per heavy atom. The van der Waals surface area contributed by atoms with E-state index in [9.17, 15) is 0 Å². The third-order valence-electron chi connectivity index (χ3n) is 1.75. The summed E-state index contributed by atoms with van der Waals surface area (Å²) in [6.45, 7) is 0. The van der Waals surface area contributed by atoms with E-state index < -0.39 is 0 Å². The first-order valence-electron chi connectivity index (χ1n) is 3.72. The minimum atomic E-state index is 0.736. The van der Waals surface area contributed by atoms with Gasteiger partial charge in [-0.3, -0.25) is 5.43 Å². The zero-order valence-electron chi connectivity index (χ0n) is 6.49. The predicted octanol–water partition coefficient (Wildman–Crippen LogP) is 1.40. The molecule has 0 radical (unpaired) electrons. The Kier molecular flexibility index (Phi) is 1.55. The Morgan fingerprint density at radius 3 is 3.00 bits per heavy atom. The first kappa shape index (κ1) is 6.91. The lowest BCUT2D eigenvalue weighted by atomic mass is 10.1. The number of allylic oxidation sites excluding steroid dienone is 1. The lowest BCUT2D eigenvalue weighted by Crippen LogP contribution is -1.97. The van der Waals surface area contributed by atoms with Crippen LogP contribution in [-0.2, 0) is 0 Å². The average molecular weight is 159 g/mol. The van der Waals surface area contributed by atoms with E-state index in [1.807, 2.05) is 24.3 Å². The van der Waals surface area contributed by atoms with Gasteiger partial charge in [-0.05, 0) is 12.1 Å². The highest BCUT2D eigenvalue weighted by molar-refractivity contribution is 5.89. The number of anilines is 1. The van der Waals surface area contributed by atoms with Gasteiger partial charge in [0, 0.05) is 17.5 Å². The molecule has 60 valence electrons. The van der Waals surface area contributed by atoms with Gasteiger partial charge in [-0.25, -0.2) is 0 Å². The second-order valence-electron chi connectivity index (χ2n) is 2.56. The van der Waals surface area contributed by atoms with Gasteiger partial charge in [-0.2, -0.15) is 5.10 Å². The summed E-state index contributed by atoms with van der Waals surface area (Å²) >= 11 is 0. The van der Waals surface area contributed by atoms with Crippen molar-refractivity contribution in [3.05, 3.63) is 35.9 Å². The SMILES string of the molecule is NC1=CC=NNc2ccccc21. The van der Waals surface area contributed by atoms with Crippen molar-refractivity contribution in [1.29, 1.82) is 0 Å². The van der Waals surface area contributed by atoms with Crippen molar-refractivity contribution < 1.29 is 0 Å². The third-order valence-corrected chi connectivity index (χ3v) is 1.75. The van der Waals surface area contributed by atoms with Crippen LogP contribution in [0.4, 0.5) is 5.69 Å². The fourth-order valence-corrected chi connectivity index (χ4v) is 1.15. The highest BCUT2D eigenvalue weighted by atomic mass is 15.3.